The van der Waals surface area contributed by atoms with Gasteiger partial charge in [-0.1, -0.05) is 17.7 Å². The summed E-state index contributed by atoms with van der Waals surface area (Å²) < 4.78 is 9.39. The molecule has 0 radical (unpaired) electrons. The Morgan fingerprint density at radius 1 is 1.21 bits per heavy atom. The van der Waals surface area contributed by atoms with Gasteiger partial charge in [0.2, 0.25) is 0 Å². The second-order valence-corrected chi connectivity index (χ2v) is 8.60. The highest BCUT2D eigenvalue weighted by Crippen LogP contribution is 2.33. The number of benzene rings is 1. The Labute approximate surface area is 181 Å². The van der Waals surface area contributed by atoms with E-state index in [1.54, 1.807) is 0 Å². The fourth-order valence-corrected chi connectivity index (χ4v) is 4.47. The van der Waals surface area contributed by atoms with Gasteiger partial charge in [0, 0.05) is 41.5 Å². The summed E-state index contributed by atoms with van der Waals surface area (Å²) in [6.45, 7) is 0.813. The number of fused-ring (bicyclic) bond motifs is 2. The largest absolute Gasteiger partial charge is 0.372 e. The summed E-state index contributed by atoms with van der Waals surface area (Å²) in [6.07, 6.45) is 7.35. The third kappa shape index (κ3) is 3.58. The van der Waals surface area contributed by atoms with Crippen molar-refractivity contribution in [3.05, 3.63) is 58.7 Å². The van der Waals surface area contributed by atoms with E-state index in [2.05, 4.69) is 71.7 Å². The number of halogens is 2. The summed E-state index contributed by atoms with van der Waals surface area (Å²) in [7, 11) is 2.09. The lowest BCUT2D eigenvalue weighted by Gasteiger charge is -2.24. The molecular formula is C21H19BrClN5O. The van der Waals surface area contributed by atoms with Crippen molar-refractivity contribution in [2.45, 2.75) is 25.2 Å². The van der Waals surface area contributed by atoms with Crippen molar-refractivity contribution in [1.29, 1.82) is 0 Å². The average molecular weight is 473 g/mol. The minimum atomic E-state index is -0.0347. The molecule has 2 unspecified atom stereocenters. The summed E-state index contributed by atoms with van der Waals surface area (Å²) in [6, 6.07) is 10.4. The number of pyridine rings is 1. The first-order valence-corrected chi connectivity index (χ1v) is 10.6. The van der Waals surface area contributed by atoms with Crippen LogP contribution in [-0.4, -0.2) is 39.2 Å². The van der Waals surface area contributed by atoms with Crippen LogP contribution in [0.5, 0.6) is 0 Å². The first kappa shape index (κ1) is 18.8. The fraction of sp³-hybridized carbons (Fsp3) is 0.286. The van der Waals surface area contributed by atoms with Crippen LogP contribution >= 0.6 is 27.5 Å². The van der Waals surface area contributed by atoms with Gasteiger partial charge < -0.3 is 14.2 Å². The highest BCUT2D eigenvalue weighted by molar-refractivity contribution is 9.10. The molecule has 1 saturated heterocycles. The second-order valence-electron chi connectivity index (χ2n) is 7.33. The summed E-state index contributed by atoms with van der Waals surface area (Å²) in [5.41, 5.74) is 2.93. The van der Waals surface area contributed by atoms with Crippen molar-refractivity contribution < 1.29 is 4.74 Å². The van der Waals surface area contributed by atoms with Gasteiger partial charge in [0.15, 0.2) is 0 Å². The SMILES string of the molecule is CN(CC1CCC(n2ccc3c(Cl)ncnc32)O1)c1ccc2cc(Br)cnc2c1. The number of ether oxygens (including phenoxy) is 1. The molecule has 1 aromatic carbocycles. The minimum Gasteiger partial charge on any atom is -0.372 e. The van der Waals surface area contributed by atoms with Crippen LogP contribution < -0.4 is 4.90 Å². The van der Waals surface area contributed by atoms with Crippen LogP contribution in [0.15, 0.2) is 53.5 Å². The van der Waals surface area contributed by atoms with E-state index in [0.717, 1.165) is 51.5 Å². The highest BCUT2D eigenvalue weighted by Gasteiger charge is 2.28. The maximum atomic E-state index is 6.35. The lowest BCUT2D eigenvalue weighted by molar-refractivity contribution is 0.00860. The summed E-state index contributed by atoms with van der Waals surface area (Å²) >= 11 is 9.65. The molecule has 0 N–H and O–H groups in total. The molecule has 2 atom stereocenters. The van der Waals surface area contributed by atoms with Gasteiger partial charge in [-0.3, -0.25) is 4.98 Å². The van der Waals surface area contributed by atoms with Crippen LogP contribution in [0.2, 0.25) is 5.15 Å². The lowest BCUT2D eigenvalue weighted by atomic mass is 10.1. The van der Waals surface area contributed by atoms with Crippen molar-refractivity contribution in [2.75, 3.05) is 18.5 Å². The van der Waals surface area contributed by atoms with Crippen LogP contribution in [0.3, 0.4) is 0 Å². The van der Waals surface area contributed by atoms with Gasteiger partial charge in [-0.25, -0.2) is 9.97 Å². The Morgan fingerprint density at radius 2 is 2.10 bits per heavy atom. The third-order valence-electron chi connectivity index (χ3n) is 5.41. The van der Waals surface area contributed by atoms with E-state index in [0.29, 0.717) is 5.15 Å². The summed E-state index contributed by atoms with van der Waals surface area (Å²) in [5, 5.41) is 2.45. The average Bonchev–Trinajstić information content (AvgIpc) is 3.35. The zero-order valence-corrected chi connectivity index (χ0v) is 18.1. The molecule has 1 fully saturated rings. The molecular weight excluding hydrogens is 454 g/mol. The smallest absolute Gasteiger partial charge is 0.146 e. The van der Waals surface area contributed by atoms with E-state index >= 15 is 0 Å². The Bertz CT molecular complexity index is 1200. The van der Waals surface area contributed by atoms with Gasteiger partial charge >= 0.3 is 0 Å². The number of rotatable bonds is 4. The zero-order chi connectivity index (χ0) is 20.0. The lowest BCUT2D eigenvalue weighted by Crippen LogP contribution is -2.29. The van der Waals surface area contributed by atoms with Crippen molar-refractivity contribution in [1.82, 2.24) is 19.5 Å². The minimum absolute atomic E-state index is 0.0347. The van der Waals surface area contributed by atoms with Gasteiger partial charge in [0.1, 0.15) is 23.4 Å². The van der Waals surface area contributed by atoms with E-state index < -0.39 is 0 Å². The van der Waals surface area contributed by atoms with E-state index in [1.165, 1.54) is 6.33 Å². The van der Waals surface area contributed by atoms with Crippen LogP contribution in [0.4, 0.5) is 5.69 Å². The topological polar surface area (TPSA) is 56.1 Å². The number of likely N-dealkylation sites (N-methyl/N-ethyl adjacent to an activating group) is 1. The quantitative estimate of drug-likeness (QED) is 0.382. The van der Waals surface area contributed by atoms with Crippen LogP contribution in [0.1, 0.15) is 19.1 Å². The van der Waals surface area contributed by atoms with Crippen LogP contribution in [0.25, 0.3) is 21.9 Å². The first-order valence-electron chi connectivity index (χ1n) is 9.47. The van der Waals surface area contributed by atoms with Crippen molar-refractivity contribution >= 4 is 55.2 Å². The van der Waals surface area contributed by atoms with E-state index in [4.69, 9.17) is 16.3 Å². The molecule has 8 heteroatoms. The molecule has 0 bridgehead atoms. The zero-order valence-electron chi connectivity index (χ0n) is 15.8. The Hall–Kier alpha value is -2.22. The number of hydrogen-bond acceptors (Lipinski definition) is 5. The summed E-state index contributed by atoms with van der Waals surface area (Å²) in [4.78, 5) is 15.2. The van der Waals surface area contributed by atoms with E-state index in [9.17, 15) is 0 Å². The molecule has 3 aromatic heterocycles. The molecule has 1 aliphatic heterocycles. The van der Waals surface area contributed by atoms with Crippen molar-refractivity contribution in [2.24, 2.45) is 0 Å². The predicted molar refractivity (Wildman–Crippen MR) is 118 cm³/mol. The third-order valence-corrected chi connectivity index (χ3v) is 6.14. The maximum absolute atomic E-state index is 6.35. The molecule has 148 valence electrons. The monoisotopic (exact) mass is 471 g/mol. The number of aromatic nitrogens is 4. The van der Waals surface area contributed by atoms with Gasteiger partial charge in [-0.15, -0.1) is 0 Å². The standard InChI is InChI=1S/C21H19BrClN5O/c1-27(15-3-2-13-8-14(22)10-24-18(13)9-15)11-16-4-5-19(29-16)28-7-6-17-20(23)25-12-26-21(17)28/h2-3,6-10,12,16,19H,4-5,11H2,1H3. The molecule has 1 aliphatic rings. The maximum Gasteiger partial charge on any atom is 0.146 e. The molecule has 4 heterocycles. The molecule has 0 spiro atoms. The van der Waals surface area contributed by atoms with Crippen LogP contribution in [0, 0.1) is 0 Å². The fourth-order valence-electron chi connectivity index (χ4n) is 3.93. The number of nitrogens with zero attached hydrogens (tertiary/aromatic N) is 5. The predicted octanol–water partition coefficient (Wildman–Crippen LogP) is 5.21. The molecule has 0 amide bonds. The van der Waals surface area contributed by atoms with Crippen LogP contribution in [-0.2, 0) is 4.74 Å². The number of hydrogen-bond donors (Lipinski definition) is 0. The van der Waals surface area contributed by atoms with Gasteiger partial charge in [0.05, 0.1) is 17.0 Å². The Kier molecular flexibility index (Phi) is 4.89. The molecule has 29 heavy (non-hydrogen) atoms. The second kappa shape index (κ2) is 7.55. The molecule has 5 rings (SSSR count). The number of anilines is 1. The summed E-state index contributed by atoms with van der Waals surface area (Å²) in [5.74, 6) is 0. The Morgan fingerprint density at radius 3 is 3.00 bits per heavy atom. The Balaban J connectivity index is 1.30. The molecule has 0 saturated carbocycles. The van der Waals surface area contributed by atoms with Gasteiger partial charge in [-0.2, -0.15) is 0 Å². The normalized spacial score (nSPS) is 19.3. The molecule has 0 aliphatic carbocycles. The first-order chi connectivity index (χ1) is 14.1. The van der Waals surface area contributed by atoms with E-state index in [-0.39, 0.29) is 12.3 Å². The highest BCUT2D eigenvalue weighted by atomic mass is 79.9. The van der Waals surface area contributed by atoms with Gasteiger partial charge in [-0.05, 0) is 53.0 Å². The molecule has 6 nitrogen and oxygen atoms in total. The van der Waals surface area contributed by atoms with Gasteiger partial charge in [0.25, 0.3) is 0 Å². The van der Waals surface area contributed by atoms with E-state index in [1.807, 2.05) is 18.5 Å². The van der Waals surface area contributed by atoms with Crippen molar-refractivity contribution in [3.8, 4) is 0 Å². The molecule has 4 aromatic rings. The van der Waals surface area contributed by atoms with Crippen molar-refractivity contribution in [3.63, 3.8) is 0 Å².